The minimum atomic E-state index is -0.601. The van der Waals surface area contributed by atoms with Gasteiger partial charge in [0, 0.05) is 29.1 Å². The first-order valence-corrected chi connectivity index (χ1v) is 11.6. The van der Waals surface area contributed by atoms with E-state index in [9.17, 15) is 14.9 Å². The standard InChI is InChI=1S/C27H26ClN3O4/c1-15-4-7-17(28)10-20(15)31-23(33)14-34-18-8-5-16(6-9-18)24-19(13-29)26(30)35-22-12-27(2,3)11-21(32)25(22)24/h4-10,24H,11-12,14,30H2,1-3H3,(H,31,33). The molecule has 7 nitrogen and oxygen atoms in total. The third kappa shape index (κ3) is 5.18. The van der Waals surface area contributed by atoms with Crippen molar-refractivity contribution in [3.63, 3.8) is 0 Å². The van der Waals surface area contributed by atoms with Crippen LogP contribution in [0.2, 0.25) is 5.02 Å². The van der Waals surface area contributed by atoms with Gasteiger partial charge in [-0.3, -0.25) is 9.59 Å². The molecule has 4 rings (SSSR count). The molecule has 1 aliphatic heterocycles. The molecule has 0 aromatic heterocycles. The maximum Gasteiger partial charge on any atom is 0.262 e. The van der Waals surface area contributed by atoms with Crippen LogP contribution in [-0.4, -0.2) is 18.3 Å². The minimum absolute atomic E-state index is 0.0232. The Bertz CT molecular complexity index is 1300. The van der Waals surface area contributed by atoms with Gasteiger partial charge in [-0.25, -0.2) is 0 Å². The van der Waals surface area contributed by atoms with Crippen LogP contribution in [-0.2, 0) is 14.3 Å². The number of hydrogen-bond acceptors (Lipinski definition) is 6. The first-order chi connectivity index (χ1) is 16.6. The predicted octanol–water partition coefficient (Wildman–Crippen LogP) is 5.12. The number of aryl methyl sites for hydroxylation is 1. The fourth-order valence-electron chi connectivity index (χ4n) is 4.44. The number of Topliss-reactive ketones (excluding diaryl/α,β-unsaturated/α-hetero) is 1. The van der Waals surface area contributed by atoms with E-state index in [1.54, 1.807) is 36.4 Å². The predicted molar refractivity (Wildman–Crippen MR) is 132 cm³/mol. The second-order valence-corrected chi connectivity index (χ2v) is 10.0. The number of nitrogens with two attached hydrogens (primary N) is 1. The van der Waals surface area contributed by atoms with Crippen molar-refractivity contribution in [3.05, 3.63) is 81.4 Å². The number of carbonyl (C=O) groups excluding carboxylic acids is 2. The molecule has 35 heavy (non-hydrogen) atoms. The van der Waals surface area contributed by atoms with Gasteiger partial charge in [0.2, 0.25) is 5.88 Å². The van der Waals surface area contributed by atoms with E-state index >= 15 is 0 Å². The molecule has 1 aliphatic carbocycles. The first kappa shape index (κ1) is 24.4. The minimum Gasteiger partial charge on any atom is -0.484 e. The number of amides is 1. The lowest BCUT2D eigenvalue weighted by Gasteiger charge is -2.37. The van der Waals surface area contributed by atoms with Crippen LogP contribution >= 0.6 is 11.6 Å². The maximum atomic E-state index is 13.0. The molecular weight excluding hydrogens is 466 g/mol. The number of allylic oxidation sites excluding steroid dienone is 3. The van der Waals surface area contributed by atoms with Crippen molar-refractivity contribution in [3.8, 4) is 11.8 Å². The third-order valence-electron chi connectivity index (χ3n) is 6.13. The van der Waals surface area contributed by atoms with Crippen LogP contribution in [0, 0.1) is 23.7 Å². The van der Waals surface area contributed by atoms with E-state index in [1.165, 1.54) is 0 Å². The second-order valence-electron chi connectivity index (χ2n) is 9.57. The van der Waals surface area contributed by atoms with Crippen LogP contribution in [0.15, 0.2) is 65.3 Å². The quantitative estimate of drug-likeness (QED) is 0.600. The molecule has 1 heterocycles. The molecule has 0 fully saturated rings. The SMILES string of the molecule is Cc1ccc(Cl)cc1NC(=O)COc1ccc(C2C(C#N)=C(N)OC3=C2C(=O)CC(C)(C)C3)cc1. The summed E-state index contributed by atoms with van der Waals surface area (Å²) in [6.45, 7) is 5.69. The van der Waals surface area contributed by atoms with E-state index < -0.39 is 5.92 Å². The zero-order chi connectivity index (χ0) is 25.3. The van der Waals surface area contributed by atoms with E-state index in [4.69, 9.17) is 26.8 Å². The van der Waals surface area contributed by atoms with E-state index in [1.807, 2.05) is 26.8 Å². The summed E-state index contributed by atoms with van der Waals surface area (Å²) in [4.78, 5) is 25.4. The molecule has 1 unspecified atom stereocenters. The van der Waals surface area contributed by atoms with Crippen molar-refractivity contribution in [2.45, 2.75) is 39.5 Å². The number of anilines is 1. The van der Waals surface area contributed by atoms with Gasteiger partial charge < -0.3 is 20.5 Å². The molecule has 2 aromatic rings. The Hall–Kier alpha value is -3.76. The van der Waals surface area contributed by atoms with Gasteiger partial charge in [-0.1, -0.05) is 43.6 Å². The zero-order valence-corrected chi connectivity index (χ0v) is 20.5. The number of benzene rings is 2. The average Bonchev–Trinajstić information content (AvgIpc) is 2.79. The van der Waals surface area contributed by atoms with Crippen LogP contribution in [0.4, 0.5) is 5.69 Å². The normalized spacial score (nSPS) is 18.9. The van der Waals surface area contributed by atoms with Gasteiger partial charge in [-0.2, -0.15) is 5.26 Å². The Morgan fingerprint density at radius 2 is 1.97 bits per heavy atom. The van der Waals surface area contributed by atoms with E-state index in [-0.39, 0.29) is 35.2 Å². The summed E-state index contributed by atoms with van der Waals surface area (Å²) in [5.41, 5.74) is 8.75. The van der Waals surface area contributed by atoms with Crippen LogP contribution in [0.1, 0.15) is 43.7 Å². The van der Waals surface area contributed by atoms with Crippen molar-refractivity contribution >= 4 is 29.0 Å². The summed E-state index contributed by atoms with van der Waals surface area (Å²) in [5.74, 6) is 0.0533. The van der Waals surface area contributed by atoms with Gasteiger partial charge in [-0.05, 0) is 47.7 Å². The molecular formula is C27H26ClN3O4. The van der Waals surface area contributed by atoms with Crippen LogP contribution in [0.25, 0.3) is 0 Å². The van der Waals surface area contributed by atoms with Crippen molar-refractivity contribution in [2.24, 2.45) is 11.1 Å². The molecule has 8 heteroatoms. The average molecular weight is 492 g/mol. The van der Waals surface area contributed by atoms with Gasteiger partial charge in [0.1, 0.15) is 23.2 Å². The highest BCUT2D eigenvalue weighted by Crippen LogP contribution is 2.47. The third-order valence-corrected chi connectivity index (χ3v) is 6.37. The van der Waals surface area contributed by atoms with Crippen LogP contribution < -0.4 is 15.8 Å². The van der Waals surface area contributed by atoms with Gasteiger partial charge >= 0.3 is 0 Å². The van der Waals surface area contributed by atoms with Gasteiger partial charge in [0.15, 0.2) is 12.4 Å². The van der Waals surface area contributed by atoms with E-state index in [0.717, 1.165) is 11.1 Å². The molecule has 0 spiro atoms. The Labute approximate surface area is 209 Å². The molecule has 0 saturated heterocycles. The molecule has 2 aliphatic rings. The monoisotopic (exact) mass is 491 g/mol. The van der Waals surface area contributed by atoms with Crippen molar-refractivity contribution in [1.29, 1.82) is 5.26 Å². The van der Waals surface area contributed by atoms with E-state index in [0.29, 0.717) is 40.6 Å². The topological polar surface area (TPSA) is 114 Å². The lowest BCUT2D eigenvalue weighted by molar-refractivity contribution is -0.119. The van der Waals surface area contributed by atoms with Gasteiger partial charge in [0.25, 0.3) is 5.91 Å². The van der Waals surface area contributed by atoms with Crippen molar-refractivity contribution < 1.29 is 19.1 Å². The Morgan fingerprint density at radius 1 is 1.26 bits per heavy atom. The fourth-order valence-corrected chi connectivity index (χ4v) is 4.61. The fraction of sp³-hybridized carbons (Fsp3) is 0.296. The summed E-state index contributed by atoms with van der Waals surface area (Å²) in [6.07, 6.45) is 0.930. The van der Waals surface area contributed by atoms with Gasteiger partial charge in [-0.15, -0.1) is 0 Å². The molecule has 0 saturated carbocycles. The summed E-state index contributed by atoms with van der Waals surface area (Å²) in [5, 5.41) is 13.1. The Kier molecular flexibility index (Phi) is 6.60. The number of nitrogens with one attached hydrogen (secondary N) is 1. The summed E-state index contributed by atoms with van der Waals surface area (Å²) >= 11 is 6.00. The molecule has 0 bridgehead atoms. The molecule has 180 valence electrons. The summed E-state index contributed by atoms with van der Waals surface area (Å²) in [6, 6.07) is 14.3. The number of rotatable bonds is 5. The van der Waals surface area contributed by atoms with Crippen LogP contribution in [0.5, 0.6) is 5.75 Å². The molecule has 1 amide bonds. The van der Waals surface area contributed by atoms with Crippen molar-refractivity contribution in [1.82, 2.24) is 0 Å². The summed E-state index contributed by atoms with van der Waals surface area (Å²) in [7, 11) is 0. The second kappa shape index (κ2) is 9.47. The highest BCUT2D eigenvalue weighted by Gasteiger charge is 2.42. The Morgan fingerprint density at radius 3 is 2.66 bits per heavy atom. The number of ketones is 1. The molecule has 2 aromatic carbocycles. The van der Waals surface area contributed by atoms with Gasteiger partial charge in [0.05, 0.1) is 5.92 Å². The van der Waals surface area contributed by atoms with E-state index in [2.05, 4.69) is 11.4 Å². The summed E-state index contributed by atoms with van der Waals surface area (Å²) < 4.78 is 11.4. The molecule has 1 atom stereocenters. The highest BCUT2D eigenvalue weighted by molar-refractivity contribution is 6.31. The van der Waals surface area contributed by atoms with Crippen molar-refractivity contribution in [2.75, 3.05) is 11.9 Å². The number of ether oxygens (including phenoxy) is 2. The number of carbonyl (C=O) groups is 2. The molecule has 0 radical (unpaired) electrons. The lowest BCUT2D eigenvalue weighted by Crippen LogP contribution is -2.33. The smallest absolute Gasteiger partial charge is 0.262 e. The lowest BCUT2D eigenvalue weighted by atomic mass is 9.70. The zero-order valence-electron chi connectivity index (χ0n) is 19.8. The number of halogens is 1. The first-order valence-electron chi connectivity index (χ1n) is 11.2. The van der Waals surface area contributed by atoms with Crippen LogP contribution in [0.3, 0.4) is 0 Å². The number of hydrogen-bond donors (Lipinski definition) is 2. The maximum absolute atomic E-state index is 13.0. The largest absolute Gasteiger partial charge is 0.484 e. The highest BCUT2D eigenvalue weighted by atomic mass is 35.5. The Balaban J connectivity index is 1.51. The number of nitrogens with zero attached hydrogens (tertiary/aromatic N) is 1. The number of nitriles is 1. The molecule has 3 N–H and O–H groups in total.